The highest BCUT2D eigenvalue weighted by Crippen LogP contribution is 2.36. The number of hydrogen-bond acceptors (Lipinski definition) is 5. The molecule has 0 aliphatic carbocycles. The molecule has 0 fully saturated rings. The Hall–Kier alpha value is -3.47. The van der Waals surface area contributed by atoms with Crippen molar-refractivity contribution >= 4 is 30.6 Å². The average molecular weight is 562 g/mol. The van der Waals surface area contributed by atoms with E-state index in [0.29, 0.717) is 5.57 Å². The number of carboxylic acids is 1. The Morgan fingerprint density at radius 1 is 0.900 bits per heavy atom. The highest BCUT2D eigenvalue weighted by atomic mass is 28.4. The molecule has 0 spiro atoms. The monoisotopic (exact) mass is 561 g/mol. The van der Waals surface area contributed by atoms with Crippen molar-refractivity contribution in [2.24, 2.45) is 0 Å². The smallest absolute Gasteiger partial charge is 0.331 e. The molecule has 0 saturated carbocycles. The number of esters is 1. The van der Waals surface area contributed by atoms with Gasteiger partial charge in [0.15, 0.2) is 0 Å². The molecule has 0 aliphatic heterocycles. The molecule has 2 aromatic carbocycles. The molecule has 7 heteroatoms. The number of carbonyl (C=O) groups excluding carboxylic acids is 1. The van der Waals surface area contributed by atoms with E-state index in [1.165, 1.54) is 16.4 Å². The summed E-state index contributed by atoms with van der Waals surface area (Å²) in [5, 5.41) is 20.2. The number of carboxylic acid groups (broad SMARTS) is 1. The predicted octanol–water partition coefficient (Wildman–Crippen LogP) is 6.32. The third-order valence-corrected chi connectivity index (χ3v) is 11.7. The summed E-state index contributed by atoms with van der Waals surface area (Å²) < 4.78 is 11.9. The lowest BCUT2D eigenvalue weighted by Gasteiger charge is -2.43. The van der Waals surface area contributed by atoms with Crippen molar-refractivity contribution < 1.29 is 23.9 Å². The molecule has 40 heavy (non-hydrogen) atoms. The molecule has 0 aliphatic rings. The van der Waals surface area contributed by atoms with Crippen molar-refractivity contribution in [3.63, 3.8) is 0 Å². The Morgan fingerprint density at radius 3 is 2.02 bits per heavy atom. The maximum Gasteiger partial charge on any atom is 0.331 e. The van der Waals surface area contributed by atoms with Gasteiger partial charge in [0.2, 0.25) is 0 Å². The van der Waals surface area contributed by atoms with E-state index in [2.05, 4.69) is 81.4 Å². The van der Waals surface area contributed by atoms with Crippen molar-refractivity contribution in [2.75, 3.05) is 13.2 Å². The summed E-state index contributed by atoms with van der Waals surface area (Å²) in [6.45, 7) is 7.60. The largest absolute Gasteiger partial charge is 0.481 e. The van der Waals surface area contributed by atoms with Gasteiger partial charge in [-0.2, -0.15) is 5.26 Å². The van der Waals surface area contributed by atoms with E-state index < -0.39 is 20.3 Å². The Balaban J connectivity index is 1.84. The molecule has 0 radical (unpaired) electrons. The minimum Gasteiger partial charge on any atom is -0.481 e. The maximum atomic E-state index is 11.8. The molecule has 0 bridgehead atoms. The lowest BCUT2D eigenvalue weighted by Crippen LogP contribution is -2.66. The number of allylic oxidation sites excluding steroid dienone is 2. The van der Waals surface area contributed by atoms with Crippen molar-refractivity contribution in [3.8, 4) is 6.07 Å². The molecule has 0 heterocycles. The lowest BCUT2D eigenvalue weighted by atomic mass is 10.1. The summed E-state index contributed by atoms with van der Waals surface area (Å²) in [4.78, 5) is 22.9. The molecule has 0 atom stereocenters. The molecule has 1 N–H and O–H groups in total. The zero-order chi connectivity index (χ0) is 29.3. The van der Waals surface area contributed by atoms with Gasteiger partial charge < -0.3 is 14.3 Å². The fraction of sp³-hybridized carbons (Fsp3) is 0.424. The highest BCUT2D eigenvalue weighted by molar-refractivity contribution is 6.99. The van der Waals surface area contributed by atoms with Crippen molar-refractivity contribution in [1.29, 1.82) is 5.26 Å². The fourth-order valence-electron chi connectivity index (χ4n) is 4.84. The zero-order valence-corrected chi connectivity index (χ0v) is 25.1. The van der Waals surface area contributed by atoms with Crippen LogP contribution in [0.25, 0.3) is 0 Å². The second-order valence-electron chi connectivity index (χ2n) is 10.8. The summed E-state index contributed by atoms with van der Waals surface area (Å²) in [5.74, 6) is -1.64. The predicted molar refractivity (Wildman–Crippen MR) is 162 cm³/mol. The molecular formula is C33H43NO5Si. The first kappa shape index (κ1) is 32.7. The van der Waals surface area contributed by atoms with Gasteiger partial charge in [-0.25, -0.2) is 4.79 Å². The number of unbranched alkanes of at least 4 members (excludes halogenated alkanes) is 5. The van der Waals surface area contributed by atoms with E-state index in [1.807, 2.05) is 12.1 Å². The Kier molecular flexibility index (Phi) is 14.1. The average Bonchev–Trinajstić information content (AvgIpc) is 2.92. The van der Waals surface area contributed by atoms with Gasteiger partial charge in [-0.1, -0.05) is 113 Å². The number of nitrogens with zero attached hydrogens (tertiary/aromatic N) is 1. The molecule has 6 nitrogen and oxygen atoms in total. The van der Waals surface area contributed by atoms with Crippen LogP contribution in [0.3, 0.4) is 0 Å². The molecule has 0 aromatic heterocycles. The van der Waals surface area contributed by atoms with E-state index in [9.17, 15) is 9.59 Å². The van der Waals surface area contributed by atoms with Crippen LogP contribution in [0, 0.1) is 11.3 Å². The van der Waals surface area contributed by atoms with Crippen LogP contribution in [0.5, 0.6) is 0 Å². The SMILES string of the molecule is CC(C)(C)[Si](OCCCCCCC/C=C/C(=C\C(=O)OCCC#N)CC(=O)O)(c1ccccc1)c1ccccc1. The lowest BCUT2D eigenvalue weighted by molar-refractivity contribution is -0.137. The van der Waals surface area contributed by atoms with Crippen molar-refractivity contribution in [3.05, 3.63) is 84.5 Å². The summed E-state index contributed by atoms with van der Waals surface area (Å²) in [6, 6.07) is 23.3. The summed E-state index contributed by atoms with van der Waals surface area (Å²) >= 11 is 0. The zero-order valence-electron chi connectivity index (χ0n) is 24.1. The number of hydrogen-bond donors (Lipinski definition) is 1. The Bertz CT molecular complexity index is 1110. The number of aliphatic carboxylic acids is 1. The van der Waals surface area contributed by atoms with Crippen LogP contribution < -0.4 is 10.4 Å². The minimum absolute atomic E-state index is 0.00116. The molecule has 214 valence electrons. The molecular weight excluding hydrogens is 518 g/mol. The molecule has 0 amide bonds. The second-order valence-corrected chi connectivity index (χ2v) is 15.1. The van der Waals surface area contributed by atoms with Crippen molar-refractivity contribution in [2.45, 2.75) is 77.2 Å². The molecule has 0 unspecified atom stereocenters. The summed E-state index contributed by atoms with van der Waals surface area (Å²) in [7, 11) is -2.48. The van der Waals surface area contributed by atoms with Crippen LogP contribution in [-0.2, 0) is 18.8 Å². The van der Waals surface area contributed by atoms with Crippen LogP contribution >= 0.6 is 0 Å². The quantitative estimate of drug-likeness (QED) is 0.0798. The fourth-order valence-corrected chi connectivity index (χ4v) is 9.45. The minimum atomic E-state index is -2.48. The first-order valence-corrected chi connectivity index (χ1v) is 16.0. The number of nitriles is 1. The van der Waals surface area contributed by atoms with Crippen LogP contribution in [0.1, 0.15) is 72.1 Å². The third kappa shape index (κ3) is 10.6. The highest BCUT2D eigenvalue weighted by Gasteiger charge is 2.49. The van der Waals surface area contributed by atoms with Crippen molar-refractivity contribution in [1.82, 2.24) is 0 Å². The van der Waals surface area contributed by atoms with Gasteiger partial charge in [0, 0.05) is 12.7 Å². The van der Waals surface area contributed by atoms with Crippen LogP contribution in [0.4, 0.5) is 0 Å². The first-order valence-electron chi connectivity index (χ1n) is 14.1. The van der Waals surface area contributed by atoms with E-state index in [4.69, 9.17) is 19.5 Å². The number of benzene rings is 2. The van der Waals surface area contributed by atoms with Gasteiger partial charge in [0.05, 0.1) is 18.9 Å². The van der Waals surface area contributed by atoms with Crippen LogP contribution in [0.2, 0.25) is 5.04 Å². The molecule has 2 aromatic rings. The Labute approximate surface area is 240 Å². The van der Waals surface area contributed by atoms with E-state index in [1.54, 1.807) is 6.08 Å². The van der Waals surface area contributed by atoms with Gasteiger partial charge in [0.1, 0.15) is 6.61 Å². The van der Waals surface area contributed by atoms with Gasteiger partial charge in [-0.3, -0.25) is 4.79 Å². The molecule has 0 saturated heterocycles. The molecule has 2 rings (SSSR count). The van der Waals surface area contributed by atoms with E-state index >= 15 is 0 Å². The number of carbonyl (C=O) groups is 2. The topological polar surface area (TPSA) is 96.6 Å². The maximum absolute atomic E-state index is 11.8. The van der Waals surface area contributed by atoms with Gasteiger partial charge >= 0.3 is 11.9 Å². The summed E-state index contributed by atoms with van der Waals surface area (Å²) in [5.41, 5.74) is 0.384. The van der Waals surface area contributed by atoms with Crippen LogP contribution in [0.15, 0.2) is 84.5 Å². The van der Waals surface area contributed by atoms with Gasteiger partial charge in [0.25, 0.3) is 8.32 Å². The van der Waals surface area contributed by atoms with E-state index in [0.717, 1.165) is 45.1 Å². The van der Waals surface area contributed by atoms with E-state index in [-0.39, 0.29) is 24.5 Å². The second kappa shape index (κ2) is 17.3. The Morgan fingerprint density at radius 2 is 1.48 bits per heavy atom. The number of rotatable bonds is 17. The van der Waals surface area contributed by atoms with Crippen LogP contribution in [-0.4, -0.2) is 38.6 Å². The third-order valence-electron chi connectivity index (χ3n) is 6.70. The van der Waals surface area contributed by atoms with Gasteiger partial charge in [-0.15, -0.1) is 0 Å². The van der Waals surface area contributed by atoms with Gasteiger partial charge in [-0.05, 0) is 40.2 Å². The standard InChI is InChI=1S/C33H43NO5Si/c1-33(2,3)40(29-19-12-9-13-20-29,30-21-14-10-15-22-30)39-25-16-8-6-4-5-7-11-18-28(26-31(35)36)27-32(37)38-24-17-23-34/h9-15,18-22,27H,4-8,16-17,24-26H2,1-3H3,(H,35,36)/b18-11+,28-27+. The normalized spacial score (nSPS) is 12.3. The number of ether oxygens (including phenoxy) is 1. The summed E-state index contributed by atoms with van der Waals surface area (Å²) in [6.07, 6.45) is 10.7. The first-order chi connectivity index (χ1) is 19.2.